The molecule has 0 aliphatic heterocycles. The zero-order valence-electron chi connectivity index (χ0n) is 13.9. The van der Waals surface area contributed by atoms with E-state index in [0.717, 1.165) is 11.3 Å². The van der Waals surface area contributed by atoms with Crippen LogP contribution in [0.5, 0.6) is 0 Å². The Labute approximate surface area is 150 Å². The summed E-state index contributed by atoms with van der Waals surface area (Å²) in [5.74, 6) is 0.504. The summed E-state index contributed by atoms with van der Waals surface area (Å²) in [5.41, 5.74) is 2.55. The predicted molar refractivity (Wildman–Crippen MR) is 96.1 cm³/mol. The number of amides is 1. The van der Waals surface area contributed by atoms with Gasteiger partial charge in [0.1, 0.15) is 0 Å². The molecule has 1 aromatic carbocycles. The lowest BCUT2D eigenvalue weighted by atomic mass is 10.2. The predicted octanol–water partition coefficient (Wildman–Crippen LogP) is 2.38. The van der Waals surface area contributed by atoms with E-state index in [9.17, 15) is 4.79 Å². The summed E-state index contributed by atoms with van der Waals surface area (Å²) in [4.78, 5) is 20.6. The van der Waals surface area contributed by atoms with Crippen LogP contribution in [0.4, 0.5) is 0 Å². The van der Waals surface area contributed by atoms with E-state index in [-0.39, 0.29) is 5.91 Å². The van der Waals surface area contributed by atoms with Crippen LogP contribution in [0.25, 0.3) is 11.5 Å². The van der Waals surface area contributed by atoms with E-state index in [0.29, 0.717) is 17.9 Å². The Hall–Kier alpha value is -3.74. The Morgan fingerprint density at radius 2 is 1.92 bits per heavy atom. The van der Waals surface area contributed by atoms with Gasteiger partial charge >= 0.3 is 0 Å². The third kappa shape index (κ3) is 3.36. The van der Waals surface area contributed by atoms with Crippen LogP contribution in [0.15, 0.2) is 79.8 Å². The molecule has 4 rings (SSSR count). The van der Waals surface area contributed by atoms with Crippen molar-refractivity contribution >= 4 is 5.91 Å². The van der Waals surface area contributed by atoms with E-state index < -0.39 is 0 Å². The Morgan fingerprint density at radius 1 is 1.04 bits per heavy atom. The second-order valence-electron chi connectivity index (χ2n) is 5.67. The summed E-state index contributed by atoms with van der Waals surface area (Å²) >= 11 is 0. The maximum atomic E-state index is 12.3. The van der Waals surface area contributed by atoms with Gasteiger partial charge in [0.25, 0.3) is 5.91 Å². The van der Waals surface area contributed by atoms with Crippen LogP contribution in [0.1, 0.15) is 15.9 Å². The second-order valence-corrected chi connectivity index (χ2v) is 5.67. The molecule has 0 aliphatic carbocycles. The van der Waals surface area contributed by atoms with Crippen LogP contribution >= 0.6 is 0 Å². The van der Waals surface area contributed by atoms with E-state index in [1.165, 1.54) is 0 Å². The smallest absolute Gasteiger partial charge is 0.253 e. The van der Waals surface area contributed by atoms with E-state index in [1.807, 2.05) is 41.1 Å². The number of hydrogen-bond acceptors (Lipinski definition) is 4. The molecule has 0 saturated heterocycles. The van der Waals surface area contributed by atoms with Gasteiger partial charge in [-0.05, 0) is 35.9 Å². The number of aromatic nitrogens is 5. The van der Waals surface area contributed by atoms with Gasteiger partial charge in [0.05, 0.1) is 11.9 Å². The quantitative estimate of drug-likeness (QED) is 0.603. The second kappa shape index (κ2) is 7.02. The molecule has 1 amide bonds. The molecule has 3 heterocycles. The van der Waals surface area contributed by atoms with Gasteiger partial charge in [0.15, 0.2) is 5.82 Å². The Bertz CT molecular complexity index is 974. The topological polar surface area (TPSA) is 77.6 Å². The minimum atomic E-state index is -0.164. The van der Waals surface area contributed by atoms with Crippen molar-refractivity contribution in [2.45, 2.75) is 6.54 Å². The molecule has 26 heavy (non-hydrogen) atoms. The van der Waals surface area contributed by atoms with E-state index in [4.69, 9.17) is 0 Å². The molecule has 3 aromatic heterocycles. The van der Waals surface area contributed by atoms with Gasteiger partial charge in [-0.25, -0.2) is 14.6 Å². The largest absolute Gasteiger partial charge is 0.348 e. The van der Waals surface area contributed by atoms with Crippen molar-refractivity contribution in [2.75, 3.05) is 0 Å². The number of benzene rings is 1. The lowest BCUT2D eigenvalue weighted by Gasteiger charge is -2.07. The Balaban J connectivity index is 1.37. The lowest BCUT2D eigenvalue weighted by Crippen LogP contribution is -2.23. The van der Waals surface area contributed by atoms with Crippen LogP contribution < -0.4 is 5.32 Å². The lowest BCUT2D eigenvalue weighted by molar-refractivity contribution is 0.0950. The molecule has 0 atom stereocenters. The summed E-state index contributed by atoms with van der Waals surface area (Å²) < 4.78 is 3.57. The van der Waals surface area contributed by atoms with Gasteiger partial charge in [-0.3, -0.25) is 4.79 Å². The molecule has 0 unspecified atom stereocenters. The number of hydrogen-bond donors (Lipinski definition) is 1. The molecule has 0 radical (unpaired) electrons. The fraction of sp³-hybridized carbons (Fsp3) is 0.0526. The first kappa shape index (κ1) is 15.8. The number of carbonyl (C=O) groups excluding carboxylic acids is 1. The van der Waals surface area contributed by atoms with E-state index >= 15 is 0 Å². The summed E-state index contributed by atoms with van der Waals surface area (Å²) in [6.45, 7) is 0.448. The van der Waals surface area contributed by atoms with Gasteiger partial charge in [-0.2, -0.15) is 5.10 Å². The Kier molecular flexibility index (Phi) is 4.26. The van der Waals surface area contributed by atoms with Crippen molar-refractivity contribution in [1.29, 1.82) is 0 Å². The van der Waals surface area contributed by atoms with E-state index in [1.54, 1.807) is 47.9 Å². The standard InChI is InChI=1S/C19H16N6O/c26-19(16-4-7-18(21-13-16)25-10-1-8-23-25)22-12-15-2-5-17(6-3-15)24-11-9-20-14-24/h1-11,13-14H,12H2,(H,22,26). The van der Waals surface area contributed by atoms with Gasteiger partial charge in [-0.15, -0.1) is 0 Å². The van der Waals surface area contributed by atoms with Crippen molar-refractivity contribution in [3.63, 3.8) is 0 Å². The normalized spacial score (nSPS) is 10.6. The number of nitrogens with zero attached hydrogens (tertiary/aromatic N) is 5. The summed E-state index contributed by atoms with van der Waals surface area (Å²) in [7, 11) is 0. The zero-order chi connectivity index (χ0) is 17.8. The van der Waals surface area contributed by atoms with Crippen LogP contribution in [0.2, 0.25) is 0 Å². The fourth-order valence-corrected chi connectivity index (χ4v) is 2.54. The molecule has 0 fully saturated rings. The summed E-state index contributed by atoms with van der Waals surface area (Å²) in [6.07, 6.45) is 10.4. The highest BCUT2D eigenvalue weighted by Crippen LogP contribution is 2.10. The SMILES string of the molecule is O=C(NCc1ccc(-n2ccnc2)cc1)c1ccc(-n2cccn2)nc1. The highest BCUT2D eigenvalue weighted by atomic mass is 16.1. The van der Waals surface area contributed by atoms with Crippen LogP contribution in [0, 0.1) is 0 Å². The van der Waals surface area contributed by atoms with Gasteiger partial charge in [-0.1, -0.05) is 12.1 Å². The first-order valence-corrected chi connectivity index (χ1v) is 8.11. The minimum Gasteiger partial charge on any atom is -0.348 e. The third-order valence-electron chi connectivity index (χ3n) is 3.94. The molecule has 0 bridgehead atoms. The number of carbonyl (C=O) groups is 1. The van der Waals surface area contributed by atoms with Crippen LogP contribution in [0.3, 0.4) is 0 Å². The molecule has 7 heteroatoms. The van der Waals surface area contributed by atoms with E-state index in [2.05, 4.69) is 20.4 Å². The molecule has 0 aliphatic rings. The number of nitrogens with one attached hydrogen (secondary N) is 1. The maximum absolute atomic E-state index is 12.3. The number of rotatable bonds is 5. The van der Waals surface area contributed by atoms with Gasteiger partial charge in [0, 0.05) is 43.2 Å². The summed E-state index contributed by atoms with van der Waals surface area (Å²) in [5, 5.41) is 7.01. The van der Waals surface area contributed by atoms with Crippen molar-refractivity contribution in [3.05, 3.63) is 90.9 Å². The highest BCUT2D eigenvalue weighted by Gasteiger charge is 2.07. The van der Waals surface area contributed by atoms with Crippen LogP contribution in [-0.2, 0) is 6.54 Å². The molecule has 0 spiro atoms. The third-order valence-corrected chi connectivity index (χ3v) is 3.94. The molecule has 4 aromatic rings. The van der Waals surface area contributed by atoms with Crippen molar-refractivity contribution in [3.8, 4) is 11.5 Å². The molecule has 128 valence electrons. The first-order valence-electron chi connectivity index (χ1n) is 8.11. The molecular formula is C19H16N6O. The Morgan fingerprint density at radius 3 is 2.58 bits per heavy atom. The van der Waals surface area contributed by atoms with Crippen molar-refractivity contribution in [2.24, 2.45) is 0 Å². The molecule has 1 N–H and O–H groups in total. The average Bonchev–Trinajstić information content (AvgIpc) is 3.40. The highest BCUT2D eigenvalue weighted by molar-refractivity contribution is 5.93. The number of pyridine rings is 1. The first-order chi connectivity index (χ1) is 12.8. The number of imidazole rings is 1. The average molecular weight is 344 g/mol. The monoisotopic (exact) mass is 344 g/mol. The fourth-order valence-electron chi connectivity index (χ4n) is 2.54. The zero-order valence-corrected chi connectivity index (χ0v) is 13.9. The molecular weight excluding hydrogens is 328 g/mol. The minimum absolute atomic E-state index is 0.164. The van der Waals surface area contributed by atoms with Crippen LogP contribution in [-0.4, -0.2) is 30.2 Å². The van der Waals surface area contributed by atoms with Gasteiger partial charge in [0.2, 0.25) is 0 Å². The van der Waals surface area contributed by atoms with Crippen molar-refractivity contribution < 1.29 is 4.79 Å². The molecule has 0 saturated carbocycles. The molecule has 7 nitrogen and oxygen atoms in total. The maximum Gasteiger partial charge on any atom is 0.253 e. The van der Waals surface area contributed by atoms with Crippen molar-refractivity contribution in [1.82, 2.24) is 29.6 Å². The summed E-state index contributed by atoms with van der Waals surface area (Å²) in [6, 6.07) is 13.3. The van der Waals surface area contributed by atoms with Gasteiger partial charge < -0.3 is 9.88 Å².